The van der Waals surface area contributed by atoms with Crippen LogP contribution in [0.3, 0.4) is 0 Å². The largest absolute Gasteiger partial charge is 0.329 e. The minimum atomic E-state index is 0.312. The van der Waals surface area contributed by atoms with E-state index in [9.17, 15) is 0 Å². The summed E-state index contributed by atoms with van der Waals surface area (Å²) >= 11 is 5.36. The molecule has 0 fully saturated rings. The van der Waals surface area contributed by atoms with Crippen molar-refractivity contribution in [3.05, 3.63) is 20.8 Å². The van der Waals surface area contributed by atoms with E-state index in [2.05, 4.69) is 60.1 Å². The standard InChI is InChI=1S/C12H21BrN2S/c1-8(2)9(3)15(4)11(7-14)12-10(13)5-6-16-12/h5-6,8-9,11H,7,14H2,1-4H3. The van der Waals surface area contributed by atoms with Crippen molar-refractivity contribution in [1.82, 2.24) is 4.90 Å². The first-order valence-corrected chi connectivity index (χ1v) is 7.31. The van der Waals surface area contributed by atoms with Gasteiger partial charge in [-0.05, 0) is 47.3 Å². The van der Waals surface area contributed by atoms with Gasteiger partial charge >= 0.3 is 0 Å². The van der Waals surface area contributed by atoms with Crippen molar-refractivity contribution < 1.29 is 0 Å². The molecule has 0 saturated carbocycles. The number of nitrogens with two attached hydrogens (primary N) is 1. The van der Waals surface area contributed by atoms with Crippen LogP contribution in [-0.2, 0) is 0 Å². The Hall–Kier alpha value is 0.100. The fourth-order valence-electron chi connectivity index (χ4n) is 1.76. The molecular weight excluding hydrogens is 284 g/mol. The predicted molar refractivity (Wildman–Crippen MR) is 75.9 cm³/mol. The number of rotatable bonds is 5. The van der Waals surface area contributed by atoms with Crippen LogP contribution < -0.4 is 5.73 Å². The quantitative estimate of drug-likeness (QED) is 0.902. The molecule has 0 bridgehead atoms. The van der Waals surface area contributed by atoms with Crippen LogP contribution in [0.5, 0.6) is 0 Å². The lowest BCUT2D eigenvalue weighted by molar-refractivity contribution is 0.153. The van der Waals surface area contributed by atoms with Gasteiger partial charge in [0.1, 0.15) is 0 Å². The maximum atomic E-state index is 5.92. The molecule has 0 aliphatic heterocycles. The third kappa shape index (κ3) is 3.06. The molecule has 2 N–H and O–H groups in total. The second kappa shape index (κ2) is 6.15. The van der Waals surface area contributed by atoms with Crippen molar-refractivity contribution in [2.75, 3.05) is 13.6 Å². The van der Waals surface area contributed by atoms with Gasteiger partial charge in [-0.1, -0.05) is 13.8 Å². The fraction of sp³-hybridized carbons (Fsp3) is 0.667. The minimum Gasteiger partial charge on any atom is -0.329 e. The molecule has 1 heterocycles. The fourth-order valence-corrected chi connectivity index (χ4v) is 3.56. The molecule has 1 aromatic rings. The van der Waals surface area contributed by atoms with Crippen LogP contribution in [0.15, 0.2) is 15.9 Å². The van der Waals surface area contributed by atoms with E-state index < -0.39 is 0 Å². The van der Waals surface area contributed by atoms with Gasteiger partial charge in [0, 0.05) is 21.9 Å². The van der Waals surface area contributed by atoms with E-state index in [0.717, 1.165) is 0 Å². The molecule has 92 valence electrons. The Morgan fingerprint density at radius 1 is 1.44 bits per heavy atom. The van der Waals surface area contributed by atoms with Gasteiger partial charge in [-0.15, -0.1) is 11.3 Å². The monoisotopic (exact) mass is 304 g/mol. The Labute approximate surface area is 111 Å². The summed E-state index contributed by atoms with van der Waals surface area (Å²) in [6, 6.07) is 2.94. The van der Waals surface area contributed by atoms with E-state index in [1.807, 2.05) is 0 Å². The van der Waals surface area contributed by atoms with Crippen LogP contribution in [0.1, 0.15) is 31.7 Å². The van der Waals surface area contributed by atoms with Gasteiger partial charge in [0.25, 0.3) is 0 Å². The van der Waals surface area contributed by atoms with E-state index in [1.54, 1.807) is 11.3 Å². The molecule has 0 aliphatic rings. The summed E-state index contributed by atoms with van der Waals surface area (Å²) in [6.07, 6.45) is 0. The van der Waals surface area contributed by atoms with E-state index in [0.29, 0.717) is 24.5 Å². The lowest BCUT2D eigenvalue weighted by Gasteiger charge is -2.34. The van der Waals surface area contributed by atoms with Gasteiger partial charge in [0.05, 0.1) is 6.04 Å². The number of halogens is 1. The number of hydrogen-bond donors (Lipinski definition) is 1. The van der Waals surface area contributed by atoms with E-state index >= 15 is 0 Å². The van der Waals surface area contributed by atoms with Crippen LogP contribution in [0.2, 0.25) is 0 Å². The normalized spacial score (nSPS) is 15.8. The lowest BCUT2D eigenvalue weighted by Crippen LogP contribution is -2.39. The molecule has 1 aromatic heterocycles. The summed E-state index contributed by atoms with van der Waals surface area (Å²) in [7, 11) is 2.16. The van der Waals surface area contributed by atoms with Gasteiger partial charge in [-0.3, -0.25) is 4.90 Å². The SMILES string of the molecule is CC(C)C(C)N(C)C(CN)c1sccc1Br. The molecule has 2 nitrogen and oxygen atoms in total. The molecule has 0 radical (unpaired) electrons. The number of nitrogens with zero attached hydrogens (tertiary/aromatic N) is 1. The van der Waals surface area contributed by atoms with Crippen LogP contribution in [0.25, 0.3) is 0 Å². The molecule has 0 aromatic carbocycles. The average Bonchev–Trinajstić information content (AvgIpc) is 2.65. The predicted octanol–water partition coefficient (Wildman–Crippen LogP) is 3.49. The highest BCUT2D eigenvalue weighted by Gasteiger charge is 2.24. The molecule has 1 rings (SSSR count). The summed E-state index contributed by atoms with van der Waals surface area (Å²) in [4.78, 5) is 3.71. The maximum Gasteiger partial charge on any atom is 0.0575 e. The number of likely N-dealkylation sites (N-methyl/N-ethyl adjacent to an activating group) is 1. The van der Waals surface area contributed by atoms with Crippen molar-refractivity contribution in [3.8, 4) is 0 Å². The zero-order chi connectivity index (χ0) is 12.3. The lowest BCUT2D eigenvalue weighted by atomic mass is 10.0. The van der Waals surface area contributed by atoms with Crippen molar-refractivity contribution in [2.45, 2.75) is 32.9 Å². The summed E-state index contributed by atoms with van der Waals surface area (Å²) in [5, 5.41) is 2.11. The molecule has 0 aliphatic carbocycles. The molecular formula is C12H21BrN2S. The van der Waals surface area contributed by atoms with Crippen LogP contribution in [0, 0.1) is 5.92 Å². The maximum absolute atomic E-state index is 5.92. The molecule has 0 saturated heterocycles. The molecule has 0 amide bonds. The second-order valence-electron chi connectivity index (χ2n) is 4.53. The van der Waals surface area contributed by atoms with Gasteiger partial charge in [-0.2, -0.15) is 0 Å². The zero-order valence-electron chi connectivity index (χ0n) is 10.4. The Morgan fingerprint density at radius 2 is 2.06 bits per heavy atom. The topological polar surface area (TPSA) is 29.3 Å². The highest BCUT2D eigenvalue weighted by molar-refractivity contribution is 9.10. The molecule has 2 unspecified atom stereocenters. The van der Waals surface area contributed by atoms with Gasteiger partial charge in [0.2, 0.25) is 0 Å². The number of hydrogen-bond acceptors (Lipinski definition) is 3. The Balaban J connectivity index is 2.87. The Morgan fingerprint density at radius 3 is 2.44 bits per heavy atom. The first-order valence-electron chi connectivity index (χ1n) is 5.63. The second-order valence-corrected chi connectivity index (χ2v) is 6.34. The summed E-state index contributed by atoms with van der Waals surface area (Å²) < 4.78 is 1.18. The van der Waals surface area contributed by atoms with Crippen LogP contribution in [0.4, 0.5) is 0 Å². The van der Waals surface area contributed by atoms with E-state index in [1.165, 1.54) is 9.35 Å². The van der Waals surface area contributed by atoms with Crippen molar-refractivity contribution >= 4 is 27.3 Å². The van der Waals surface area contributed by atoms with Gasteiger partial charge in [0.15, 0.2) is 0 Å². The Bertz CT molecular complexity index is 325. The van der Waals surface area contributed by atoms with Crippen LogP contribution in [-0.4, -0.2) is 24.5 Å². The third-order valence-electron chi connectivity index (χ3n) is 3.27. The molecule has 16 heavy (non-hydrogen) atoms. The number of thiophene rings is 1. The van der Waals surface area contributed by atoms with Gasteiger partial charge in [-0.25, -0.2) is 0 Å². The first kappa shape index (κ1) is 14.2. The van der Waals surface area contributed by atoms with Crippen molar-refractivity contribution in [2.24, 2.45) is 11.7 Å². The van der Waals surface area contributed by atoms with Gasteiger partial charge < -0.3 is 5.73 Å². The first-order chi connectivity index (χ1) is 7.49. The third-order valence-corrected chi connectivity index (χ3v) is 5.24. The van der Waals surface area contributed by atoms with E-state index in [4.69, 9.17) is 5.73 Å². The summed E-state index contributed by atoms with van der Waals surface area (Å²) in [6.45, 7) is 7.41. The average molecular weight is 305 g/mol. The molecule has 4 heteroatoms. The highest BCUT2D eigenvalue weighted by atomic mass is 79.9. The van der Waals surface area contributed by atoms with Crippen molar-refractivity contribution in [1.29, 1.82) is 0 Å². The van der Waals surface area contributed by atoms with Crippen molar-refractivity contribution in [3.63, 3.8) is 0 Å². The highest BCUT2D eigenvalue weighted by Crippen LogP contribution is 2.33. The van der Waals surface area contributed by atoms with E-state index in [-0.39, 0.29) is 0 Å². The van der Waals surface area contributed by atoms with Crippen LogP contribution >= 0.6 is 27.3 Å². The molecule has 2 atom stereocenters. The summed E-state index contributed by atoms with van der Waals surface area (Å²) in [5.41, 5.74) is 5.92. The minimum absolute atomic E-state index is 0.312. The Kier molecular flexibility index (Phi) is 5.44. The zero-order valence-corrected chi connectivity index (χ0v) is 12.8. The smallest absolute Gasteiger partial charge is 0.0575 e. The summed E-state index contributed by atoms with van der Waals surface area (Å²) in [5.74, 6) is 0.637. The molecule has 0 spiro atoms.